The largest absolute Gasteiger partial charge is 0.439 e. The molecule has 2 bridgehead atoms. The number of rotatable bonds is 1. The number of piperidine rings is 3. The Morgan fingerprint density at radius 3 is 2.67 bits per heavy atom. The van der Waals surface area contributed by atoms with Crippen LogP contribution in [0.4, 0.5) is 10.5 Å². The molecule has 0 N–H and O–H groups in total. The highest BCUT2D eigenvalue weighted by Gasteiger charge is 2.55. The number of amides is 1. The van der Waals surface area contributed by atoms with Gasteiger partial charge in [-0.25, -0.2) is 9.59 Å². The van der Waals surface area contributed by atoms with Gasteiger partial charge in [0, 0.05) is 25.6 Å². The Kier molecular flexibility index (Phi) is 2.72. The minimum Gasteiger partial charge on any atom is -0.439 e. The zero-order valence-electron chi connectivity index (χ0n) is 13.5. The molecule has 1 amide bonds. The molecule has 0 unspecified atom stereocenters. The van der Waals surface area contributed by atoms with E-state index in [1.54, 1.807) is 18.0 Å². The van der Waals surface area contributed by atoms with Crippen LogP contribution in [0.3, 0.4) is 0 Å². The maximum Gasteiger partial charge on any atom is 0.419 e. The Balaban J connectivity index is 1.51. The molecular weight excluding hydrogens is 310 g/mol. The summed E-state index contributed by atoms with van der Waals surface area (Å²) in [5.74, 6) is 0.0369. The first-order chi connectivity index (χ1) is 11.6. The van der Waals surface area contributed by atoms with Crippen LogP contribution in [0.5, 0.6) is 0 Å². The van der Waals surface area contributed by atoms with Crippen LogP contribution in [0.1, 0.15) is 12.8 Å². The molecule has 4 fully saturated rings. The minimum atomic E-state index is -0.403. The lowest BCUT2D eigenvalue weighted by molar-refractivity contribution is -0.0881. The summed E-state index contributed by atoms with van der Waals surface area (Å²) in [6, 6.07) is 5.40. The third-order valence-electron chi connectivity index (χ3n) is 5.85. The van der Waals surface area contributed by atoms with E-state index in [2.05, 4.69) is 4.90 Å². The molecule has 5 heterocycles. The fourth-order valence-electron chi connectivity index (χ4n) is 4.50. The monoisotopic (exact) mass is 329 g/mol. The van der Waals surface area contributed by atoms with Gasteiger partial charge in [0.2, 0.25) is 0 Å². The van der Waals surface area contributed by atoms with E-state index < -0.39 is 5.76 Å². The van der Waals surface area contributed by atoms with Crippen LogP contribution >= 0.6 is 0 Å². The quantitative estimate of drug-likeness (QED) is 0.794. The molecule has 1 atom stereocenters. The third-order valence-corrected chi connectivity index (χ3v) is 5.85. The molecule has 1 aromatic carbocycles. The zero-order valence-corrected chi connectivity index (χ0v) is 13.5. The lowest BCUT2D eigenvalue weighted by Crippen LogP contribution is -2.61. The standard InChI is InChI=1S/C17H19N3O4/c1-18-13-3-2-12(8-14(13)23-15(18)21)20-10-17(24-16(20)22)9-19-6-4-11(17)5-7-19/h2-3,8,11H,4-7,9-10H2,1H3/t17-/m1/s1. The Bertz CT molecular complexity index is 893. The van der Waals surface area contributed by atoms with E-state index in [1.807, 2.05) is 12.1 Å². The number of hydrogen-bond acceptors (Lipinski definition) is 5. The van der Waals surface area contributed by atoms with Crippen LogP contribution in [0.15, 0.2) is 27.4 Å². The number of aromatic nitrogens is 1. The van der Waals surface area contributed by atoms with Gasteiger partial charge in [-0.05, 0) is 38.1 Å². The molecule has 0 aliphatic carbocycles. The van der Waals surface area contributed by atoms with Crippen molar-refractivity contribution in [3.8, 4) is 0 Å². The second kappa shape index (κ2) is 4.63. The fraction of sp³-hybridized carbons (Fsp3) is 0.529. The van der Waals surface area contributed by atoms with Gasteiger partial charge in [-0.3, -0.25) is 14.4 Å². The molecule has 6 rings (SSSR count). The van der Waals surface area contributed by atoms with Crippen LogP contribution in [-0.2, 0) is 11.8 Å². The minimum absolute atomic E-state index is 0.304. The molecule has 1 spiro atoms. The van der Waals surface area contributed by atoms with Crippen molar-refractivity contribution in [2.75, 3.05) is 31.1 Å². The van der Waals surface area contributed by atoms with E-state index in [-0.39, 0.29) is 11.7 Å². The van der Waals surface area contributed by atoms with Gasteiger partial charge >= 0.3 is 11.8 Å². The highest BCUT2D eigenvalue weighted by atomic mass is 16.6. The third kappa shape index (κ3) is 1.81. The number of anilines is 1. The normalized spacial score (nSPS) is 32.0. The van der Waals surface area contributed by atoms with Crippen molar-refractivity contribution >= 4 is 22.9 Å². The maximum atomic E-state index is 12.5. The van der Waals surface area contributed by atoms with Gasteiger partial charge in [-0.2, -0.15) is 0 Å². The van der Waals surface area contributed by atoms with Crippen molar-refractivity contribution in [2.24, 2.45) is 13.0 Å². The number of hydrogen-bond donors (Lipinski definition) is 0. The molecular formula is C17H19N3O4. The van der Waals surface area contributed by atoms with Crippen molar-refractivity contribution < 1.29 is 13.9 Å². The average Bonchev–Trinajstić information content (AvgIpc) is 3.05. The maximum absolute atomic E-state index is 12.5. The van der Waals surface area contributed by atoms with E-state index >= 15 is 0 Å². The topological polar surface area (TPSA) is 67.9 Å². The Morgan fingerprint density at radius 1 is 1.17 bits per heavy atom. The first-order valence-electron chi connectivity index (χ1n) is 8.38. The lowest BCUT2D eigenvalue weighted by atomic mass is 9.75. The van der Waals surface area contributed by atoms with Gasteiger partial charge in [0.1, 0.15) is 5.60 Å². The zero-order chi connectivity index (χ0) is 16.5. The molecule has 4 aliphatic heterocycles. The molecule has 7 heteroatoms. The molecule has 7 nitrogen and oxygen atoms in total. The van der Waals surface area contributed by atoms with Gasteiger partial charge < -0.3 is 9.15 Å². The van der Waals surface area contributed by atoms with E-state index in [0.29, 0.717) is 23.6 Å². The van der Waals surface area contributed by atoms with Gasteiger partial charge in [-0.15, -0.1) is 0 Å². The average molecular weight is 329 g/mol. The molecule has 4 saturated heterocycles. The summed E-state index contributed by atoms with van der Waals surface area (Å²) in [7, 11) is 1.67. The van der Waals surface area contributed by atoms with Crippen LogP contribution in [0.2, 0.25) is 0 Å². The summed E-state index contributed by atoms with van der Waals surface area (Å²) >= 11 is 0. The number of fused-ring (bicyclic) bond motifs is 3. The van der Waals surface area contributed by atoms with E-state index in [4.69, 9.17) is 9.15 Å². The van der Waals surface area contributed by atoms with E-state index in [9.17, 15) is 9.59 Å². The molecule has 2 aromatic rings. The van der Waals surface area contributed by atoms with Crippen LogP contribution in [-0.4, -0.2) is 47.3 Å². The summed E-state index contributed by atoms with van der Waals surface area (Å²) in [5.41, 5.74) is 1.53. The SMILES string of the molecule is Cn1c(=O)oc2cc(N3C[C@@]4(CN5CCC4CC5)OC3=O)ccc21. The second-order valence-electron chi connectivity index (χ2n) is 7.15. The molecule has 126 valence electrons. The Labute approximate surface area is 138 Å². The van der Waals surface area contributed by atoms with Crippen molar-refractivity contribution in [3.05, 3.63) is 28.7 Å². The van der Waals surface area contributed by atoms with Crippen molar-refractivity contribution in [3.63, 3.8) is 0 Å². The van der Waals surface area contributed by atoms with Crippen LogP contribution < -0.4 is 10.7 Å². The fourth-order valence-corrected chi connectivity index (χ4v) is 4.50. The van der Waals surface area contributed by atoms with Crippen molar-refractivity contribution in [2.45, 2.75) is 18.4 Å². The molecule has 24 heavy (non-hydrogen) atoms. The highest BCUT2D eigenvalue weighted by molar-refractivity contribution is 5.92. The highest BCUT2D eigenvalue weighted by Crippen LogP contribution is 2.43. The molecule has 0 radical (unpaired) electrons. The number of ether oxygens (including phenoxy) is 1. The molecule has 1 aromatic heterocycles. The molecule has 4 aliphatic rings. The Hall–Kier alpha value is -2.28. The smallest absolute Gasteiger partial charge is 0.419 e. The van der Waals surface area contributed by atoms with E-state index in [0.717, 1.165) is 38.2 Å². The van der Waals surface area contributed by atoms with Crippen LogP contribution in [0.25, 0.3) is 11.1 Å². The number of aryl methyl sites for hydroxylation is 1. The summed E-state index contributed by atoms with van der Waals surface area (Å²) < 4.78 is 12.6. The second-order valence-corrected chi connectivity index (χ2v) is 7.15. The first kappa shape index (κ1) is 14.1. The van der Waals surface area contributed by atoms with Gasteiger partial charge in [0.25, 0.3) is 0 Å². The Morgan fingerprint density at radius 2 is 1.96 bits per heavy atom. The number of nitrogens with zero attached hydrogens (tertiary/aromatic N) is 3. The number of benzene rings is 1. The summed E-state index contributed by atoms with van der Waals surface area (Å²) in [5, 5.41) is 0. The lowest BCUT2D eigenvalue weighted by Gasteiger charge is -2.49. The summed E-state index contributed by atoms with van der Waals surface area (Å²) in [6.45, 7) is 3.59. The predicted octanol–water partition coefficient (Wildman–Crippen LogP) is 1.55. The number of carbonyl (C=O) groups excluding carboxylic acids is 1. The first-order valence-corrected chi connectivity index (χ1v) is 8.38. The van der Waals surface area contributed by atoms with Gasteiger partial charge in [0.05, 0.1) is 17.7 Å². The predicted molar refractivity (Wildman–Crippen MR) is 87.2 cm³/mol. The number of oxazole rings is 1. The van der Waals surface area contributed by atoms with Gasteiger partial charge in [0.15, 0.2) is 5.58 Å². The van der Waals surface area contributed by atoms with Gasteiger partial charge in [-0.1, -0.05) is 0 Å². The van der Waals surface area contributed by atoms with E-state index in [1.165, 1.54) is 4.57 Å². The van der Waals surface area contributed by atoms with Crippen LogP contribution in [0, 0.1) is 5.92 Å². The number of carbonyl (C=O) groups is 1. The van der Waals surface area contributed by atoms with Crippen molar-refractivity contribution in [1.82, 2.24) is 9.47 Å². The summed E-state index contributed by atoms with van der Waals surface area (Å²) in [6.07, 6.45) is 1.88. The molecule has 0 saturated carbocycles. The van der Waals surface area contributed by atoms with Crippen molar-refractivity contribution in [1.29, 1.82) is 0 Å². The summed E-state index contributed by atoms with van der Waals surface area (Å²) in [4.78, 5) is 28.2.